The topological polar surface area (TPSA) is 63.4 Å². The van der Waals surface area contributed by atoms with E-state index in [-0.39, 0.29) is 29.7 Å². The van der Waals surface area contributed by atoms with E-state index in [1.807, 2.05) is 12.2 Å². The van der Waals surface area contributed by atoms with E-state index >= 15 is 0 Å². The Morgan fingerprint density at radius 1 is 1.22 bits per heavy atom. The second kappa shape index (κ2) is 5.22. The SMILES string of the molecule is CC(C)CC(CN)N1C(=O)[C@H]2CC=CC[C@H]2C1=O. The molecule has 1 saturated heterocycles. The number of likely N-dealkylation sites (tertiary alicyclic amines) is 1. The highest BCUT2D eigenvalue weighted by Crippen LogP contribution is 2.36. The number of carbonyl (C=O) groups is 2. The van der Waals surface area contributed by atoms with E-state index < -0.39 is 0 Å². The number of carbonyl (C=O) groups excluding carboxylic acids is 2. The highest BCUT2D eigenvalue weighted by molar-refractivity contribution is 6.05. The van der Waals surface area contributed by atoms with E-state index in [1.165, 1.54) is 4.90 Å². The van der Waals surface area contributed by atoms with E-state index in [0.29, 0.717) is 25.3 Å². The minimum atomic E-state index is -0.135. The van der Waals surface area contributed by atoms with Gasteiger partial charge >= 0.3 is 0 Å². The summed E-state index contributed by atoms with van der Waals surface area (Å²) in [5.74, 6) is 0.142. The van der Waals surface area contributed by atoms with Gasteiger partial charge in [-0.25, -0.2) is 0 Å². The van der Waals surface area contributed by atoms with E-state index in [1.54, 1.807) is 0 Å². The zero-order chi connectivity index (χ0) is 13.3. The molecule has 0 spiro atoms. The van der Waals surface area contributed by atoms with Crippen LogP contribution in [-0.4, -0.2) is 29.3 Å². The van der Waals surface area contributed by atoms with E-state index in [2.05, 4.69) is 13.8 Å². The Morgan fingerprint density at radius 3 is 2.11 bits per heavy atom. The van der Waals surface area contributed by atoms with Gasteiger partial charge in [0.05, 0.1) is 17.9 Å². The third-order valence-corrected chi connectivity index (χ3v) is 3.92. The zero-order valence-electron chi connectivity index (χ0n) is 11.1. The van der Waals surface area contributed by atoms with Gasteiger partial charge in [-0.15, -0.1) is 0 Å². The summed E-state index contributed by atoms with van der Waals surface area (Å²) in [6, 6.07) is -0.129. The maximum atomic E-state index is 12.3. The maximum Gasteiger partial charge on any atom is 0.233 e. The Hall–Kier alpha value is -1.16. The van der Waals surface area contributed by atoms with Crippen LogP contribution in [0.4, 0.5) is 0 Å². The molecule has 0 bridgehead atoms. The molecule has 4 nitrogen and oxygen atoms in total. The summed E-state index contributed by atoms with van der Waals surface area (Å²) in [4.78, 5) is 26.2. The second-order valence-electron chi connectivity index (χ2n) is 5.72. The van der Waals surface area contributed by atoms with Crippen molar-refractivity contribution < 1.29 is 9.59 Å². The quantitative estimate of drug-likeness (QED) is 0.604. The molecule has 3 atom stereocenters. The summed E-state index contributed by atoms with van der Waals surface area (Å²) < 4.78 is 0. The van der Waals surface area contributed by atoms with Crippen molar-refractivity contribution in [1.82, 2.24) is 4.90 Å². The molecule has 1 unspecified atom stereocenters. The number of hydrogen-bond donors (Lipinski definition) is 1. The van der Waals surface area contributed by atoms with Crippen molar-refractivity contribution in [3.8, 4) is 0 Å². The third kappa shape index (κ3) is 2.21. The van der Waals surface area contributed by atoms with Crippen LogP contribution in [0.25, 0.3) is 0 Å². The summed E-state index contributed by atoms with van der Waals surface area (Å²) in [7, 11) is 0. The number of amides is 2. The first-order chi connectivity index (χ1) is 8.56. The monoisotopic (exact) mass is 250 g/mol. The molecular formula is C14H22N2O2. The van der Waals surface area contributed by atoms with Crippen molar-refractivity contribution in [1.29, 1.82) is 0 Å². The standard InChI is InChI=1S/C14H22N2O2/c1-9(2)7-10(8-15)16-13(17)11-5-3-4-6-12(11)14(16)18/h3-4,9-12H,5-8,15H2,1-2H3/t10?,11-,12+. The molecule has 4 heteroatoms. The van der Waals surface area contributed by atoms with Crippen molar-refractivity contribution >= 4 is 11.8 Å². The average Bonchev–Trinajstić information content (AvgIpc) is 2.60. The predicted molar refractivity (Wildman–Crippen MR) is 69.5 cm³/mol. The van der Waals surface area contributed by atoms with Crippen molar-refractivity contribution in [2.75, 3.05) is 6.54 Å². The Balaban J connectivity index is 2.18. The molecule has 0 saturated carbocycles. The Labute approximate surface area is 108 Å². The van der Waals surface area contributed by atoms with Crippen LogP contribution in [-0.2, 0) is 9.59 Å². The maximum absolute atomic E-state index is 12.3. The lowest BCUT2D eigenvalue weighted by molar-refractivity contribution is -0.142. The van der Waals surface area contributed by atoms with Gasteiger partial charge in [0.1, 0.15) is 0 Å². The Bertz CT molecular complexity index is 350. The number of hydrogen-bond acceptors (Lipinski definition) is 3. The first kappa shape index (κ1) is 13.3. The molecule has 1 heterocycles. The number of imide groups is 1. The second-order valence-corrected chi connectivity index (χ2v) is 5.72. The average molecular weight is 250 g/mol. The number of nitrogens with zero attached hydrogens (tertiary/aromatic N) is 1. The van der Waals surface area contributed by atoms with Crippen LogP contribution < -0.4 is 5.73 Å². The van der Waals surface area contributed by atoms with Crippen LogP contribution >= 0.6 is 0 Å². The van der Waals surface area contributed by atoms with Gasteiger partial charge in [0.15, 0.2) is 0 Å². The number of allylic oxidation sites excluding steroid dienone is 2. The zero-order valence-corrected chi connectivity index (χ0v) is 11.1. The lowest BCUT2D eigenvalue weighted by Crippen LogP contribution is -2.45. The van der Waals surface area contributed by atoms with Crippen LogP contribution in [0.1, 0.15) is 33.1 Å². The predicted octanol–water partition coefficient (Wildman–Crippen LogP) is 1.31. The molecule has 2 aliphatic rings. The van der Waals surface area contributed by atoms with Gasteiger partial charge < -0.3 is 5.73 Å². The van der Waals surface area contributed by atoms with Crippen molar-refractivity contribution in [2.45, 2.75) is 39.2 Å². The summed E-state index contributed by atoms with van der Waals surface area (Å²) in [5, 5.41) is 0. The van der Waals surface area contributed by atoms with E-state index in [9.17, 15) is 9.59 Å². The smallest absolute Gasteiger partial charge is 0.233 e. The fraction of sp³-hybridized carbons (Fsp3) is 0.714. The van der Waals surface area contributed by atoms with Gasteiger partial charge in [0.2, 0.25) is 11.8 Å². The van der Waals surface area contributed by atoms with E-state index in [4.69, 9.17) is 5.73 Å². The summed E-state index contributed by atoms with van der Waals surface area (Å²) in [6.45, 7) is 4.53. The molecule has 0 aromatic rings. The Morgan fingerprint density at radius 2 is 1.72 bits per heavy atom. The molecule has 100 valence electrons. The fourth-order valence-corrected chi connectivity index (χ4v) is 3.04. The van der Waals surface area contributed by atoms with Crippen molar-refractivity contribution in [2.24, 2.45) is 23.5 Å². The van der Waals surface area contributed by atoms with Crippen molar-refractivity contribution in [3.63, 3.8) is 0 Å². The number of rotatable bonds is 4. The van der Waals surface area contributed by atoms with E-state index in [0.717, 1.165) is 6.42 Å². The van der Waals surface area contributed by atoms with Gasteiger partial charge in [-0.05, 0) is 25.2 Å². The van der Waals surface area contributed by atoms with Crippen LogP contribution in [0, 0.1) is 17.8 Å². The molecule has 0 aromatic carbocycles. The fourth-order valence-electron chi connectivity index (χ4n) is 3.04. The largest absolute Gasteiger partial charge is 0.328 e. The molecule has 2 rings (SSSR count). The molecule has 0 radical (unpaired) electrons. The molecule has 18 heavy (non-hydrogen) atoms. The first-order valence-corrected chi connectivity index (χ1v) is 6.78. The van der Waals surface area contributed by atoms with Crippen LogP contribution in [0.15, 0.2) is 12.2 Å². The Kier molecular flexibility index (Phi) is 3.85. The lowest BCUT2D eigenvalue weighted by atomic mass is 9.85. The molecule has 0 aromatic heterocycles. The van der Waals surface area contributed by atoms with Crippen LogP contribution in [0.3, 0.4) is 0 Å². The molecule has 1 aliphatic carbocycles. The molecule has 2 N–H and O–H groups in total. The van der Waals surface area contributed by atoms with Gasteiger partial charge in [-0.3, -0.25) is 14.5 Å². The van der Waals surface area contributed by atoms with Crippen LogP contribution in [0.5, 0.6) is 0 Å². The van der Waals surface area contributed by atoms with Crippen LogP contribution in [0.2, 0.25) is 0 Å². The highest BCUT2D eigenvalue weighted by atomic mass is 16.2. The molecular weight excluding hydrogens is 228 g/mol. The minimum Gasteiger partial charge on any atom is -0.328 e. The highest BCUT2D eigenvalue weighted by Gasteiger charge is 2.49. The minimum absolute atomic E-state index is 0.00884. The summed E-state index contributed by atoms with van der Waals surface area (Å²) in [6.07, 6.45) is 6.21. The molecule has 2 amide bonds. The number of fused-ring (bicyclic) bond motifs is 1. The number of nitrogens with two attached hydrogens (primary N) is 1. The van der Waals surface area contributed by atoms with Gasteiger partial charge in [0, 0.05) is 6.54 Å². The summed E-state index contributed by atoms with van der Waals surface area (Å²) in [5.41, 5.74) is 5.75. The van der Waals surface area contributed by atoms with Crippen molar-refractivity contribution in [3.05, 3.63) is 12.2 Å². The van der Waals surface area contributed by atoms with Gasteiger partial charge in [-0.2, -0.15) is 0 Å². The first-order valence-electron chi connectivity index (χ1n) is 6.78. The van der Waals surface area contributed by atoms with Gasteiger partial charge in [0.25, 0.3) is 0 Å². The third-order valence-electron chi connectivity index (χ3n) is 3.92. The summed E-state index contributed by atoms with van der Waals surface area (Å²) >= 11 is 0. The molecule has 1 aliphatic heterocycles. The van der Waals surface area contributed by atoms with Gasteiger partial charge in [-0.1, -0.05) is 26.0 Å². The normalized spacial score (nSPS) is 29.0. The lowest BCUT2D eigenvalue weighted by Gasteiger charge is -2.27. The molecule has 1 fully saturated rings.